The molecule has 5 aromatic carbocycles. The first-order valence-electron chi connectivity index (χ1n) is 13.1. The molecule has 6 nitrogen and oxygen atoms in total. The van der Waals surface area contributed by atoms with Crippen LogP contribution in [0.25, 0.3) is 61.7 Å². The molecule has 0 fully saturated rings. The summed E-state index contributed by atoms with van der Waals surface area (Å²) in [6.45, 7) is 0. The molecule has 0 aliphatic carbocycles. The second kappa shape index (κ2) is 9.89. The summed E-state index contributed by atoms with van der Waals surface area (Å²) in [6, 6.07) is 43.7. The summed E-state index contributed by atoms with van der Waals surface area (Å²) < 4.78 is 2.12. The molecule has 0 spiro atoms. The molecule has 0 N–H and O–H groups in total. The third-order valence-electron chi connectivity index (χ3n) is 7.12. The van der Waals surface area contributed by atoms with Gasteiger partial charge in [0.15, 0.2) is 17.5 Å². The van der Waals surface area contributed by atoms with Gasteiger partial charge in [0.2, 0.25) is 0 Å². The maximum Gasteiger partial charge on any atom is 0.165 e. The maximum absolute atomic E-state index is 10.3. The van der Waals surface area contributed by atoms with Crippen molar-refractivity contribution in [2.24, 2.45) is 0 Å². The Bertz CT molecular complexity index is 2110. The van der Waals surface area contributed by atoms with Crippen LogP contribution in [0.5, 0.6) is 0 Å². The Hall–Kier alpha value is -6.11. The van der Waals surface area contributed by atoms with Crippen molar-refractivity contribution in [3.05, 3.63) is 132 Å². The lowest BCUT2D eigenvalue weighted by molar-refractivity contribution is 1.07. The molecule has 0 aliphatic rings. The molecular formula is C35H20N6. The van der Waals surface area contributed by atoms with Gasteiger partial charge in [-0.05, 0) is 42.5 Å². The van der Waals surface area contributed by atoms with Crippen LogP contribution in [-0.4, -0.2) is 19.5 Å². The van der Waals surface area contributed by atoms with E-state index in [4.69, 9.17) is 15.0 Å². The molecule has 190 valence electrons. The van der Waals surface area contributed by atoms with Crippen LogP contribution in [0.4, 0.5) is 0 Å². The molecule has 41 heavy (non-hydrogen) atoms. The highest BCUT2D eigenvalue weighted by Crippen LogP contribution is 2.34. The number of hydrogen-bond acceptors (Lipinski definition) is 5. The van der Waals surface area contributed by atoms with E-state index >= 15 is 0 Å². The summed E-state index contributed by atoms with van der Waals surface area (Å²) in [7, 11) is 0. The maximum atomic E-state index is 10.3. The van der Waals surface area contributed by atoms with Crippen LogP contribution in [0.15, 0.2) is 121 Å². The van der Waals surface area contributed by atoms with E-state index in [-0.39, 0.29) is 0 Å². The van der Waals surface area contributed by atoms with Gasteiger partial charge in [-0.2, -0.15) is 10.5 Å². The minimum absolute atomic E-state index is 0.432. The third kappa shape index (κ3) is 4.17. The average Bonchev–Trinajstić information content (AvgIpc) is 3.38. The molecule has 0 radical (unpaired) electrons. The van der Waals surface area contributed by atoms with Gasteiger partial charge in [-0.3, -0.25) is 0 Å². The number of aromatic nitrogens is 4. The number of fused-ring (bicyclic) bond motifs is 3. The standard InChI is InChI=1S/C35H20N6/c36-21-23-15-18-32-30(19-23)29-13-7-8-14-31(29)41(32)27-16-17-28(26(20-27)22-37)35-39-33(24-9-3-1-4-10-24)38-34(40-35)25-11-5-2-6-12-25/h1-20H. The highest BCUT2D eigenvalue weighted by Gasteiger charge is 2.18. The highest BCUT2D eigenvalue weighted by molar-refractivity contribution is 6.09. The first-order chi connectivity index (χ1) is 20.2. The van der Waals surface area contributed by atoms with Gasteiger partial charge in [-0.25, -0.2) is 15.0 Å². The van der Waals surface area contributed by atoms with Gasteiger partial charge < -0.3 is 4.57 Å². The molecule has 2 heterocycles. The summed E-state index contributed by atoms with van der Waals surface area (Å²) in [6.07, 6.45) is 0. The molecular weight excluding hydrogens is 504 g/mol. The number of para-hydroxylation sites is 1. The zero-order valence-electron chi connectivity index (χ0n) is 21.7. The van der Waals surface area contributed by atoms with Crippen LogP contribution >= 0.6 is 0 Å². The molecule has 6 heteroatoms. The van der Waals surface area contributed by atoms with Crippen LogP contribution in [0.3, 0.4) is 0 Å². The molecule has 0 saturated heterocycles. The van der Waals surface area contributed by atoms with Gasteiger partial charge in [0.05, 0.1) is 34.3 Å². The Balaban J connectivity index is 1.43. The molecule has 0 amide bonds. The average molecular weight is 525 g/mol. The Morgan fingerprint density at radius 2 is 1.12 bits per heavy atom. The van der Waals surface area contributed by atoms with Crippen molar-refractivity contribution in [2.75, 3.05) is 0 Å². The summed E-state index contributed by atoms with van der Waals surface area (Å²) in [5.41, 5.74) is 6.20. The van der Waals surface area contributed by atoms with Gasteiger partial charge >= 0.3 is 0 Å². The van der Waals surface area contributed by atoms with Crippen LogP contribution < -0.4 is 0 Å². The van der Waals surface area contributed by atoms with Crippen LogP contribution in [0.2, 0.25) is 0 Å². The van der Waals surface area contributed by atoms with Crippen molar-refractivity contribution in [1.82, 2.24) is 19.5 Å². The predicted molar refractivity (Wildman–Crippen MR) is 160 cm³/mol. The molecule has 0 atom stereocenters. The lowest BCUT2D eigenvalue weighted by Gasteiger charge is -2.12. The number of nitriles is 2. The van der Waals surface area contributed by atoms with Gasteiger partial charge in [0.25, 0.3) is 0 Å². The van der Waals surface area contributed by atoms with Crippen molar-refractivity contribution < 1.29 is 0 Å². The van der Waals surface area contributed by atoms with E-state index in [1.807, 2.05) is 115 Å². The van der Waals surface area contributed by atoms with Crippen LogP contribution in [0.1, 0.15) is 11.1 Å². The van der Waals surface area contributed by atoms with Crippen molar-refractivity contribution in [1.29, 1.82) is 10.5 Å². The molecule has 7 aromatic rings. The van der Waals surface area contributed by atoms with E-state index in [2.05, 4.69) is 22.8 Å². The summed E-state index contributed by atoms with van der Waals surface area (Å²) in [5, 5.41) is 21.8. The Kier molecular flexibility index (Phi) is 5.78. The normalized spacial score (nSPS) is 10.9. The summed E-state index contributed by atoms with van der Waals surface area (Å²) in [4.78, 5) is 14.4. The van der Waals surface area contributed by atoms with Gasteiger partial charge in [-0.1, -0.05) is 78.9 Å². The first kappa shape index (κ1) is 24.0. The SMILES string of the molecule is N#Cc1ccc2c(c1)c1ccccc1n2-c1ccc(-c2nc(-c3ccccc3)nc(-c3ccccc3)n2)c(C#N)c1. The molecule has 7 rings (SSSR count). The molecule has 0 saturated carbocycles. The molecule has 0 aliphatic heterocycles. The number of benzene rings is 5. The lowest BCUT2D eigenvalue weighted by atomic mass is 10.1. The quantitative estimate of drug-likeness (QED) is 0.235. The van der Waals surface area contributed by atoms with E-state index in [1.54, 1.807) is 0 Å². The van der Waals surface area contributed by atoms with Crippen molar-refractivity contribution in [2.45, 2.75) is 0 Å². The Labute approximate surface area is 236 Å². The van der Waals surface area contributed by atoms with Crippen molar-refractivity contribution >= 4 is 21.8 Å². The van der Waals surface area contributed by atoms with Gasteiger partial charge in [0, 0.05) is 33.2 Å². The smallest absolute Gasteiger partial charge is 0.165 e. The first-order valence-corrected chi connectivity index (χ1v) is 13.1. The topological polar surface area (TPSA) is 91.2 Å². The van der Waals surface area contributed by atoms with E-state index in [9.17, 15) is 10.5 Å². The fourth-order valence-electron chi connectivity index (χ4n) is 5.21. The predicted octanol–water partition coefficient (Wildman–Crippen LogP) is 7.71. The van der Waals surface area contributed by atoms with Crippen LogP contribution in [0, 0.1) is 22.7 Å². The largest absolute Gasteiger partial charge is 0.309 e. The monoisotopic (exact) mass is 524 g/mol. The second-order valence-corrected chi connectivity index (χ2v) is 9.58. The Morgan fingerprint density at radius 1 is 0.512 bits per heavy atom. The lowest BCUT2D eigenvalue weighted by Crippen LogP contribution is -2.02. The zero-order valence-corrected chi connectivity index (χ0v) is 21.7. The highest BCUT2D eigenvalue weighted by atomic mass is 15.0. The zero-order chi connectivity index (χ0) is 27.8. The van der Waals surface area contributed by atoms with E-state index in [0.717, 1.165) is 38.6 Å². The minimum Gasteiger partial charge on any atom is -0.309 e. The van der Waals surface area contributed by atoms with Crippen molar-refractivity contribution in [3.63, 3.8) is 0 Å². The fourth-order valence-corrected chi connectivity index (χ4v) is 5.21. The molecule has 0 unspecified atom stereocenters. The number of hydrogen-bond donors (Lipinski definition) is 0. The van der Waals surface area contributed by atoms with Gasteiger partial charge in [0.1, 0.15) is 0 Å². The van der Waals surface area contributed by atoms with E-state index in [1.165, 1.54) is 0 Å². The third-order valence-corrected chi connectivity index (χ3v) is 7.12. The number of nitrogens with zero attached hydrogens (tertiary/aromatic N) is 6. The molecule has 2 aromatic heterocycles. The van der Waals surface area contributed by atoms with E-state index in [0.29, 0.717) is 34.2 Å². The van der Waals surface area contributed by atoms with E-state index < -0.39 is 0 Å². The summed E-state index contributed by atoms with van der Waals surface area (Å²) in [5.74, 6) is 1.51. The van der Waals surface area contributed by atoms with Gasteiger partial charge in [-0.15, -0.1) is 0 Å². The molecule has 0 bridgehead atoms. The number of rotatable bonds is 4. The Morgan fingerprint density at radius 3 is 1.78 bits per heavy atom. The second-order valence-electron chi connectivity index (χ2n) is 9.58. The summed E-state index contributed by atoms with van der Waals surface area (Å²) >= 11 is 0. The van der Waals surface area contributed by atoms with Crippen LogP contribution in [-0.2, 0) is 0 Å². The van der Waals surface area contributed by atoms with Crippen molar-refractivity contribution in [3.8, 4) is 52.0 Å². The fraction of sp³-hybridized carbons (Fsp3) is 0. The minimum atomic E-state index is 0.432.